The van der Waals surface area contributed by atoms with Crippen molar-refractivity contribution >= 4 is 5.97 Å². The number of hydrogen-bond acceptors (Lipinski definition) is 6. The molecule has 0 aromatic carbocycles. The molecular formula is C13H14FN5O3. The van der Waals surface area contributed by atoms with Crippen LogP contribution in [-0.4, -0.2) is 37.9 Å². The van der Waals surface area contributed by atoms with Crippen LogP contribution in [0.4, 0.5) is 4.39 Å². The van der Waals surface area contributed by atoms with Crippen molar-refractivity contribution in [1.82, 2.24) is 24.8 Å². The predicted molar refractivity (Wildman–Crippen MR) is 71.8 cm³/mol. The number of rotatable bonds is 5. The highest BCUT2D eigenvalue weighted by Gasteiger charge is 2.28. The third kappa shape index (κ3) is 2.61. The van der Waals surface area contributed by atoms with Gasteiger partial charge in [-0.15, -0.1) is 0 Å². The molecule has 2 heterocycles. The maximum absolute atomic E-state index is 14.2. The van der Waals surface area contributed by atoms with E-state index in [9.17, 15) is 14.0 Å². The average Bonchev–Trinajstić information content (AvgIpc) is 3.30. The Morgan fingerprint density at radius 3 is 2.91 bits per heavy atom. The van der Waals surface area contributed by atoms with Crippen LogP contribution in [0.15, 0.2) is 17.1 Å². The maximum Gasteiger partial charge on any atom is 0.363 e. The number of carbonyl (C=O) groups excluding carboxylic acids is 1. The van der Waals surface area contributed by atoms with Crippen molar-refractivity contribution in [3.8, 4) is 0 Å². The molecule has 0 N–H and O–H groups in total. The van der Waals surface area contributed by atoms with Gasteiger partial charge in [0.15, 0.2) is 5.82 Å². The van der Waals surface area contributed by atoms with E-state index in [1.54, 1.807) is 0 Å². The lowest BCUT2D eigenvalue weighted by Crippen LogP contribution is -2.25. The zero-order chi connectivity index (χ0) is 15.7. The normalized spacial score (nSPS) is 14.1. The molecular weight excluding hydrogens is 293 g/mol. The molecule has 0 atom stereocenters. The quantitative estimate of drug-likeness (QED) is 0.740. The Hall–Kier alpha value is -2.58. The van der Waals surface area contributed by atoms with Crippen LogP contribution >= 0.6 is 0 Å². The summed E-state index contributed by atoms with van der Waals surface area (Å²) in [5.41, 5.74) is -0.413. The van der Waals surface area contributed by atoms with E-state index < -0.39 is 11.8 Å². The van der Waals surface area contributed by atoms with Crippen molar-refractivity contribution in [2.75, 3.05) is 7.11 Å². The molecule has 1 aliphatic rings. The van der Waals surface area contributed by atoms with Crippen LogP contribution in [0.1, 0.15) is 34.9 Å². The molecule has 0 amide bonds. The number of aryl methyl sites for hydroxylation is 2. The molecule has 0 aliphatic heterocycles. The lowest BCUT2D eigenvalue weighted by atomic mass is 10.2. The predicted octanol–water partition coefficient (Wildman–Crippen LogP) is 0.338. The number of pyridine rings is 1. The first-order valence-electron chi connectivity index (χ1n) is 6.86. The highest BCUT2D eigenvalue weighted by atomic mass is 19.1. The molecule has 116 valence electrons. The fourth-order valence-electron chi connectivity index (χ4n) is 2.12. The smallest absolute Gasteiger partial charge is 0.363 e. The van der Waals surface area contributed by atoms with E-state index in [0.29, 0.717) is 0 Å². The minimum atomic E-state index is -0.766. The van der Waals surface area contributed by atoms with Gasteiger partial charge < -0.3 is 4.74 Å². The van der Waals surface area contributed by atoms with E-state index in [1.165, 1.54) is 28.7 Å². The fraction of sp³-hybridized carbons (Fsp3) is 0.462. The van der Waals surface area contributed by atoms with E-state index in [1.807, 2.05) is 0 Å². The highest BCUT2D eigenvalue weighted by Crippen LogP contribution is 2.32. The molecule has 0 saturated heterocycles. The molecule has 0 spiro atoms. The van der Waals surface area contributed by atoms with Crippen LogP contribution in [0.5, 0.6) is 0 Å². The first-order valence-corrected chi connectivity index (χ1v) is 6.86. The zero-order valence-electron chi connectivity index (χ0n) is 11.9. The first-order chi connectivity index (χ1) is 10.6. The van der Waals surface area contributed by atoms with Crippen LogP contribution < -0.4 is 5.69 Å². The summed E-state index contributed by atoms with van der Waals surface area (Å²) in [4.78, 5) is 27.3. The van der Waals surface area contributed by atoms with E-state index >= 15 is 0 Å². The highest BCUT2D eigenvalue weighted by molar-refractivity contribution is 5.89. The standard InChI is InChI=1S/C13H14FN5O3/c1-22-12(20)9-4-6-15-10(11(9)14)5-7-18-13(21)19(17-16-18)8-2-3-8/h4,6,8H,2-3,5,7H2,1H3. The number of tetrazole rings is 1. The van der Waals surface area contributed by atoms with Crippen molar-refractivity contribution in [3.05, 3.63) is 39.8 Å². The summed E-state index contributed by atoms with van der Waals surface area (Å²) in [6.45, 7) is 0.139. The van der Waals surface area contributed by atoms with Gasteiger partial charge in [0, 0.05) is 12.6 Å². The summed E-state index contributed by atoms with van der Waals surface area (Å²) in [6, 6.07) is 1.39. The van der Waals surface area contributed by atoms with Gasteiger partial charge in [-0.25, -0.2) is 14.0 Å². The molecule has 8 nitrogen and oxygen atoms in total. The summed E-state index contributed by atoms with van der Waals surface area (Å²) in [6.07, 6.45) is 3.31. The minimum Gasteiger partial charge on any atom is -0.465 e. The number of carbonyl (C=O) groups is 1. The molecule has 2 aromatic heterocycles. The molecule has 1 fully saturated rings. The van der Waals surface area contributed by atoms with Crippen LogP contribution in [0.25, 0.3) is 0 Å². The number of nitrogens with zero attached hydrogens (tertiary/aromatic N) is 5. The topological polar surface area (TPSA) is 91.9 Å². The van der Waals surface area contributed by atoms with E-state index in [2.05, 4.69) is 20.1 Å². The first kappa shape index (κ1) is 14.4. The monoisotopic (exact) mass is 307 g/mol. The van der Waals surface area contributed by atoms with E-state index in [0.717, 1.165) is 12.8 Å². The summed E-state index contributed by atoms with van der Waals surface area (Å²) in [5, 5.41) is 7.57. The van der Waals surface area contributed by atoms with Gasteiger partial charge >= 0.3 is 11.7 Å². The average molecular weight is 307 g/mol. The van der Waals surface area contributed by atoms with Gasteiger partial charge in [-0.2, -0.15) is 9.36 Å². The Balaban J connectivity index is 1.76. The lowest BCUT2D eigenvalue weighted by molar-refractivity contribution is 0.0595. The van der Waals surface area contributed by atoms with E-state index in [-0.39, 0.29) is 36.0 Å². The number of halogens is 1. The molecule has 2 aromatic rings. The number of hydrogen-bond donors (Lipinski definition) is 0. The SMILES string of the molecule is COC(=O)c1ccnc(CCn2nnn(C3CC3)c2=O)c1F. The van der Waals surface area contributed by atoms with Crippen LogP contribution in [-0.2, 0) is 17.7 Å². The Labute approximate surface area is 124 Å². The molecule has 0 unspecified atom stereocenters. The maximum atomic E-state index is 14.2. The molecule has 1 aliphatic carbocycles. The Kier molecular flexibility index (Phi) is 3.70. The Bertz CT molecular complexity index is 765. The number of methoxy groups -OCH3 is 1. The molecule has 1 saturated carbocycles. The van der Waals surface area contributed by atoms with Gasteiger partial charge in [0.1, 0.15) is 0 Å². The van der Waals surface area contributed by atoms with Crippen molar-refractivity contribution in [2.24, 2.45) is 0 Å². The van der Waals surface area contributed by atoms with Crippen LogP contribution in [0, 0.1) is 5.82 Å². The van der Waals surface area contributed by atoms with Gasteiger partial charge in [0.25, 0.3) is 0 Å². The van der Waals surface area contributed by atoms with Gasteiger partial charge in [-0.05, 0) is 29.3 Å². The molecule has 22 heavy (non-hydrogen) atoms. The second kappa shape index (κ2) is 5.66. The Morgan fingerprint density at radius 1 is 1.45 bits per heavy atom. The second-order valence-electron chi connectivity index (χ2n) is 5.02. The van der Waals surface area contributed by atoms with Crippen molar-refractivity contribution < 1.29 is 13.9 Å². The van der Waals surface area contributed by atoms with Crippen LogP contribution in [0.3, 0.4) is 0 Å². The van der Waals surface area contributed by atoms with Crippen molar-refractivity contribution in [1.29, 1.82) is 0 Å². The number of aromatic nitrogens is 5. The third-order valence-electron chi connectivity index (χ3n) is 3.48. The Morgan fingerprint density at radius 2 is 2.23 bits per heavy atom. The minimum absolute atomic E-state index is 0.0794. The number of ether oxygens (including phenoxy) is 1. The van der Waals surface area contributed by atoms with Crippen molar-refractivity contribution in [3.63, 3.8) is 0 Å². The lowest BCUT2D eigenvalue weighted by Gasteiger charge is -2.05. The molecule has 3 rings (SSSR count). The van der Waals surface area contributed by atoms with Crippen molar-refractivity contribution in [2.45, 2.75) is 31.8 Å². The summed E-state index contributed by atoms with van der Waals surface area (Å²) >= 11 is 0. The van der Waals surface area contributed by atoms with Gasteiger partial charge in [0.05, 0.1) is 31.0 Å². The summed E-state index contributed by atoms with van der Waals surface area (Å²) in [5.74, 6) is -1.50. The summed E-state index contributed by atoms with van der Waals surface area (Å²) in [7, 11) is 1.18. The van der Waals surface area contributed by atoms with Crippen LogP contribution in [0.2, 0.25) is 0 Å². The third-order valence-corrected chi connectivity index (χ3v) is 3.48. The van der Waals surface area contributed by atoms with Gasteiger partial charge in [0.2, 0.25) is 0 Å². The number of esters is 1. The molecule has 0 bridgehead atoms. The van der Waals surface area contributed by atoms with E-state index in [4.69, 9.17) is 0 Å². The van der Waals surface area contributed by atoms with Gasteiger partial charge in [-0.3, -0.25) is 4.98 Å². The summed E-state index contributed by atoms with van der Waals surface area (Å²) < 4.78 is 21.2. The largest absolute Gasteiger partial charge is 0.465 e. The molecule has 0 radical (unpaired) electrons. The molecule has 9 heteroatoms. The van der Waals surface area contributed by atoms with Gasteiger partial charge in [-0.1, -0.05) is 0 Å². The fourth-order valence-corrected chi connectivity index (χ4v) is 2.12. The second-order valence-corrected chi connectivity index (χ2v) is 5.02. The zero-order valence-corrected chi connectivity index (χ0v) is 11.9.